The minimum absolute atomic E-state index is 0.630. The number of hydrogen-bond acceptors (Lipinski definition) is 3. The topological polar surface area (TPSA) is 47.9 Å². The lowest BCUT2D eigenvalue weighted by molar-refractivity contribution is 0.519. The maximum absolute atomic E-state index is 7.43. The molecule has 1 atom stereocenters. The third-order valence-corrected chi connectivity index (χ3v) is 2.49. The molecule has 0 spiro atoms. The van der Waals surface area contributed by atoms with Crippen molar-refractivity contribution in [2.24, 2.45) is 5.92 Å². The van der Waals surface area contributed by atoms with Crippen LogP contribution in [-0.4, -0.2) is 31.9 Å². The summed E-state index contributed by atoms with van der Waals surface area (Å²) in [7, 11) is 0. The molecule has 0 radical (unpaired) electrons. The van der Waals surface area contributed by atoms with Gasteiger partial charge >= 0.3 is 0 Å². The molecule has 0 amide bonds. The molecule has 0 saturated heterocycles. The van der Waals surface area contributed by atoms with Crippen molar-refractivity contribution in [1.29, 1.82) is 5.41 Å². The highest BCUT2D eigenvalue weighted by atomic mass is 14.9. The van der Waals surface area contributed by atoms with Gasteiger partial charge in [0.2, 0.25) is 0 Å². The Hall–Kier alpha value is -0.670. The summed E-state index contributed by atoms with van der Waals surface area (Å²) in [4.78, 5) is 0. The minimum Gasteiger partial charge on any atom is -0.316 e. The van der Waals surface area contributed by atoms with Crippen molar-refractivity contribution in [2.75, 3.05) is 26.2 Å². The van der Waals surface area contributed by atoms with Crippen molar-refractivity contribution < 1.29 is 0 Å². The smallest absolute Gasteiger partial charge is 0.0311 e. The monoisotopic (exact) mass is 195 g/mol. The average Bonchev–Trinajstić information content (AvgIpc) is 2.21. The number of rotatable bonds is 6. The van der Waals surface area contributed by atoms with Gasteiger partial charge in [0, 0.05) is 25.3 Å². The second-order valence-electron chi connectivity index (χ2n) is 3.74. The van der Waals surface area contributed by atoms with Crippen LogP contribution in [-0.2, 0) is 0 Å². The van der Waals surface area contributed by atoms with Crippen LogP contribution >= 0.6 is 0 Å². The Balaban J connectivity index is 2.02. The van der Waals surface area contributed by atoms with Gasteiger partial charge in [0.05, 0.1) is 0 Å². The minimum atomic E-state index is 0.630. The maximum Gasteiger partial charge on any atom is 0.0311 e. The molecule has 1 aliphatic rings. The van der Waals surface area contributed by atoms with Crippen LogP contribution in [0.1, 0.15) is 19.8 Å². The van der Waals surface area contributed by atoms with Gasteiger partial charge in [-0.1, -0.05) is 13.0 Å². The molecule has 0 bridgehead atoms. The average molecular weight is 195 g/mol. The van der Waals surface area contributed by atoms with Crippen molar-refractivity contribution in [3.8, 4) is 0 Å². The van der Waals surface area contributed by atoms with Gasteiger partial charge in [0.1, 0.15) is 0 Å². The fraction of sp³-hybridized carbons (Fsp3) is 0.727. The molecule has 0 aromatic heterocycles. The lowest BCUT2D eigenvalue weighted by atomic mass is 9.95. The summed E-state index contributed by atoms with van der Waals surface area (Å²) in [5.41, 5.74) is 0.772. The van der Waals surface area contributed by atoms with E-state index in [-0.39, 0.29) is 0 Å². The standard InChI is InChI=1S/C11H21N3/c1-2-13-7-8-14-9-10-3-5-11(12)6-4-10/h3,5,10,12-14H,2,4,6-9H2,1H3. The number of nitrogens with one attached hydrogen (secondary N) is 3. The van der Waals surface area contributed by atoms with Gasteiger partial charge < -0.3 is 16.0 Å². The lowest BCUT2D eigenvalue weighted by Crippen LogP contribution is -2.31. The number of allylic oxidation sites excluding steroid dienone is 1. The molecule has 0 heterocycles. The summed E-state index contributed by atoms with van der Waals surface area (Å²) in [5, 5.41) is 14.1. The lowest BCUT2D eigenvalue weighted by Gasteiger charge is -2.17. The van der Waals surface area contributed by atoms with E-state index in [9.17, 15) is 0 Å². The number of likely N-dealkylation sites (N-methyl/N-ethyl adjacent to an activating group) is 1. The third-order valence-electron chi connectivity index (χ3n) is 2.49. The Bertz CT molecular complexity index is 199. The van der Waals surface area contributed by atoms with Crippen LogP contribution in [0.5, 0.6) is 0 Å². The molecule has 0 aromatic rings. The van der Waals surface area contributed by atoms with Crippen LogP contribution in [0.25, 0.3) is 0 Å². The molecule has 3 nitrogen and oxygen atoms in total. The van der Waals surface area contributed by atoms with E-state index in [1.54, 1.807) is 0 Å². The first-order chi connectivity index (χ1) is 6.83. The maximum atomic E-state index is 7.43. The van der Waals surface area contributed by atoms with Crippen molar-refractivity contribution >= 4 is 5.71 Å². The van der Waals surface area contributed by atoms with Crippen molar-refractivity contribution in [3.05, 3.63) is 12.2 Å². The molecule has 3 heteroatoms. The molecule has 1 unspecified atom stereocenters. The molecular formula is C11H21N3. The highest BCUT2D eigenvalue weighted by Gasteiger charge is 2.09. The Kier molecular flexibility index (Phi) is 5.49. The van der Waals surface area contributed by atoms with E-state index < -0.39 is 0 Å². The Morgan fingerprint density at radius 2 is 2.21 bits per heavy atom. The van der Waals surface area contributed by atoms with E-state index in [1.807, 2.05) is 6.08 Å². The van der Waals surface area contributed by atoms with Gasteiger partial charge in [0.15, 0.2) is 0 Å². The summed E-state index contributed by atoms with van der Waals surface area (Å²) in [6.45, 7) is 6.30. The zero-order chi connectivity index (χ0) is 10.2. The van der Waals surface area contributed by atoms with Crippen molar-refractivity contribution in [2.45, 2.75) is 19.8 Å². The van der Waals surface area contributed by atoms with Gasteiger partial charge in [-0.25, -0.2) is 0 Å². The molecule has 1 rings (SSSR count). The normalized spacial score (nSPS) is 21.5. The third kappa shape index (κ3) is 4.53. The highest BCUT2D eigenvalue weighted by Crippen LogP contribution is 2.13. The fourth-order valence-electron chi connectivity index (χ4n) is 1.58. The zero-order valence-electron chi connectivity index (χ0n) is 8.97. The molecule has 14 heavy (non-hydrogen) atoms. The number of hydrogen-bond donors (Lipinski definition) is 3. The van der Waals surface area contributed by atoms with Crippen LogP contribution in [0.15, 0.2) is 12.2 Å². The van der Waals surface area contributed by atoms with Gasteiger partial charge in [-0.3, -0.25) is 0 Å². The van der Waals surface area contributed by atoms with E-state index in [4.69, 9.17) is 5.41 Å². The van der Waals surface area contributed by atoms with Gasteiger partial charge in [-0.05, 0) is 31.4 Å². The quantitative estimate of drug-likeness (QED) is 0.557. The zero-order valence-corrected chi connectivity index (χ0v) is 8.97. The molecule has 3 N–H and O–H groups in total. The van der Waals surface area contributed by atoms with Crippen LogP contribution in [0, 0.1) is 11.3 Å². The first-order valence-corrected chi connectivity index (χ1v) is 5.50. The van der Waals surface area contributed by atoms with Crippen LogP contribution in [0.2, 0.25) is 0 Å². The van der Waals surface area contributed by atoms with Crippen molar-refractivity contribution in [1.82, 2.24) is 10.6 Å². The molecule has 1 aliphatic carbocycles. The van der Waals surface area contributed by atoms with Crippen molar-refractivity contribution in [3.63, 3.8) is 0 Å². The second kappa shape index (κ2) is 6.74. The summed E-state index contributed by atoms with van der Waals surface area (Å²) in [6, 6.07) is 0. The highest BCUT2D eigenvalue weighted by molar-refractivity contribution is 5.92. The van der Waals surface area contributed by atoms with Crippen LogP contribution in [0.3, 0.4) is 0 Å². The summed E-state index contributed by atoms with van der Waals surface area (Å²) in [5.74, 6) is 0.630. The van der Waals surface area contributed by atoms with E-state index in [2.05, 4.69) is 23.6 Å². The van der Waals surface area contributed by atoms with E-state index >= 15 is 0 Å². The first kappa shape index (κ1) is 11.4. The first-order valence-electron chi connectivity index (χ1n) is 5.50. The Labute approximate surface area is 86.5 Å². The molecule has 80 valence electrons. The predicted molar refractivity (Wildman–Crippen MR) is 61.0 cm³/mol. The molecule has 0 aromatic carbocycles. The van der Waals surface area contributed by atoms with Gasteiger partial charge in [-0.2, -0.15) is 0 Å². The largest absolute Gasteiger partial charge is 0.316 e. The summed E-state index contributed by atoms with van der Waals surface area (Å²) >= 11 is 0. The van der Waals surface area contributed by atoms with E-state index in [0.29, 0.717) is 5.92 Å². The summed E-state index contributed by atoms with van der Waals surface area (Å²) < 4.78 is 0. The van der Waals surface area contributed by atoms with Gasteiger partial charge in [0.25, 0.3) is 0 Å². The SMILES string of the molecule is CCNCCNCC1C=CC(=N)CC1. The van der Waals surface area contributed by atoms with Gasteiger partial charge in [-0.15, -0.1) is 0 Å². The van der Waals surface area contributed by atoms with Crippen LogP contribution in [0.4, 0.5) is 0 Å². The molecular weight excluding hydrogens is 174 g/mol. The van der Waals surface area contributed by atoms with Crippen LogP contribution < -0.4 is 10.6 Å². The Morgan fingerprint density at radius 3 is 2.86 bits per heavy atom. The van der Waals surface area contributed by atoms with E-state index in [0.717, 1.165) is 44.7 Å². The summed E-state index contributed by atoms with van der Waals surface area (Å²) in [6.07, 6.45) is 6.17. The second-order valence-corrected chi connectivity index (χ2v) is 3.74. The van der Waals surface area contributed by atoms with E-state index in [1.165, 1.54) is 0 Å². The fourth-order valence-corrected chi connectivity index (χ4v) is 1.58. The Morgan fingerprint density at radius 1 is 1.43 bits per heavy atom. The predicted octanol–water partition coefficient (Wildman–Crippen LogP) is 1.17. The molecule has 0 fully saturated rings. The molecule has 0 aliphatic heterocycles. The molecule has 0 saturated carbocycles.